The van der Waals surface area contributed by atoms with Crippen LogP contribution in [0.4, 0.5) is 0 Å². The zero-order valence-electron chi connectivity index (χ0n) is 11.5. The fourth-order valence-corrected chi connectivity index (χ4v) is 1.95. The van der Waals surface area contributed by atoms with Crippen LogP contribution in [0.5, 0.6) is 5.75 Å². The van der Waals surface area contributed by atoms with E-state index in [2.05, 4.69) is 15.1 Å². The maximum Gasteiger partial charge on any atom is 0.119 e. The summed E-state index contributed by atoms with van der Waals surface area (Å²) in [5.41, 5.74) is 2.71. The lowest BCUT2D eigenvalue weighted by Gasteiger charge is -2.07. The molecule has 5 heteroatoms. The van der Waals surface area contributed by atoms with E-state index in [1.807, 2.05) is 37.4 Å². The van der Waals surface area contributed by atoms with Crippen molar-refractivity contribution in [2.75, 3.05) is 6.61 Å². The summed E-state index contributed by atoms with van der Waals surface area (Å²) < 4.78 is 5.67. The number of hydrogen-bond donors (Lipinski definition) is 2. The molecular weight excluding hydrogens is 254 g/mol. The molecule has 106 valence electrons. The second kappa shape index (κ2) is 7.33. The Morgan fingerprint density at radius 1 is 1.35 bits per heavy atom. The minimum absolute atomic E-state index is 0.660. The predicted octanol–water partition coefficient (Wildman–Crippen LogP) is 3.01. The van der Waals surface area contributed by atoms with Crippen molar-refractivity contribution in [2.24, 2.45) is 5.16 Å². The number of nitrogens with one attached hydrogen (secondary N) is 1. The van der Waals surface area contributed by atoms with E-state index in [9.17, 15) is 0 Å². The minimum atomic E-state index is 0.660. The van der Waals surface area contributed by atoms with Crippen molar-refractivity contribution >= 4 is 5.71 Å². The fourth-order valence-electron chi connectivity index (χ4n) is 1.95. The van der Waals surface area contributed by atoms with Crippen molar-refractivity contribution in [3.63, 3.8) is 0 Å². The Morgan fingerprint density at radius 3 is 2.75 bits per heavy atom. The molecular formula is C15H19N3O2. The standard InChI is InChI=1S/C15H19N3O2/c1-2-15(18-19)12-5-7-14(8-6-12)20-9-3-4-13-10-16-11-17-13/h5-8,10-11,19H,2-4,9H2,1H3,(H,16,17)/b18-15-. The molecule has 0 bridgehead atoms. The van der Waals surface area contributed by atoms with Gasteiger partial charge in [0.15, 0.2) is 0 Å². The average Bonchev–Trinajstić information content (AvgIpc) is 3.00. The highest BCUT2D eigenvalue weighted by atomic mass is 16.5. The Hall–Kier alpha value is -2.30. The highest BCUT2D eigenvalue weighted by Crippen LogP contribution is 2.14. The number of H-pyrrole nitrogens is 1. The van der Waals surface area contributed by atoms with Gasteiger partial charge in [0.25, 0.3) is 0 Å². The van der Waals surface area contributed by atoms with Crippen LogP contribution in [0, 0.1) is 0 Å². The molecule has 0 amide bonds. The Labute approximate surface area is 118 Å². The Balaban J connectivity index is 1.79. The number of aromatic nitrogens is 2. The molecule has 0 saturated carbocycles. The van der Waals surface area contributed by atoms with Gasteiger partial charge in [-0.1, -0.05) is 12.1 Å². The van der Waals surface area contributed by atoms with Gasteiger partial charge in [-0.25, -0.2) is 4.98 Å². The summed E-state index contributed by atoms with van der Waals surface area (Å²) in [6, 6.07) is 7.60. The third-order valence-corrected chi connectivity index (χ3v) is 3.06. The van der Waals surface area contributed by atoms with Crippen molar-refractivity contribution < 1.29 is 9.94 Å². The van der Waals surface area contributed by atoms with Crippen molar-refractivity contribution in [1.82, 2.24) is 9.97 Å². The van der Waals surface area contributed by atoms with Crippen LogP contribution in [0.15, 0.2) is 41.9 Å². The average molecular weight is 273 g/mol. The number of aryl methyl sites for hydroxylation is 1. The third-order valence-electron chi connectivity index (χ3n) is 3.06. The maximum absolute atomic E-state index is 8.86. The van der Waals surface area contributed by atoms with Gasteiger partial charge >= 0.3 is 0 Å². The van der Waals surface area contributed by atoms with E-state index < -0.39 is 0 Å². The van der Waals surface area contributed by atoms with Gasteiger partial charge in [0, 0.05) is 11.9 Å². The topological polar surface area (TPSA) is 70.5 Å². The van der Waals surface area contributed by atoms with Gasteiger partial charge < -0.3 is 14.9 Å². The van der Waals surface area contributed by atoms with Gasteiger partial charge in [-0.15, -0.1) is 0 Å². The summed E-state index contributed by atoms with van der Waals surface area (Å²) in [5, 5.41) is 12.1. The molecule has 0 fully saturated rings. The molecule has 0 saturated heterocycles. The van der Waals surface area contributed by atoms with Crippen LogP contribution in [0.25, 0.3) is 0 Å². The normalized spacial score (nSPS) is 11.6. The van der Waals surface area contributed by atoms with E-state index in [0.717, 1.165) is 29.8 Å². The smallest absolute Gasteiger partial charge is 0.119 e. The number of rotatable bonds is 7. The molecule has 1 heterocycles. The Kier molecular flexibility index (Phi) is 5.17. The van der Waals surface area contributed by atoms with Crippen molar-refractivity contribution in [1.29, 1.82) is 0 Å². The molecule has 1 aromatic carbocycles. The molecule has 2 rings (SSSR count). The second-order valence-electron chi connectivity index (χ2n) is 4.45. The Bertz CT molecular complexity index is 533. The number of imidazole rings is 1. The summed E-state index contributed by atoms with van der Waals surface area (Å²) in [7, 11) is 0. The van der Waals surface area contributed by atoms with Crippen LogP contribution in [0.1, 0.15) is 31.0 Å². The first kappa shape index (κ1) is 14.1. The van der Waals surface area contributed by atoms with E-state index in [0.29, 0.717) is 18.7 Å². The zero-order chi connectivity index (χ0) is 14.2. The Morgan fingerprint density at radius 2 is 2.15 bits per heavy atom. The molecule has 0 aliphatic rings. The van der Waals surface area contributed by atoms with Crippen LogP contribution in [-0.4, -0.2) is 27.5 Å². The highest BCUT2D eigenvalue weighted by molar-refractivity contribution is 6.00. The van der Waals surface area contributed by atoms with Gasteiger partial charge in [0.1, 0.15) is 5.75 Å². The van der Waals surface area contributed by atoms with Gasteiger partial charge in [-0.3, -0.25) is 0 Å². The molecule has 20 heavy (non-hydrogen) atoms. The summed E-state index contributed by atoms with van der Waals surface area (Å²) in [5.74, 6) is 0.826. The molecule has 1 aromatic heterocycles. The number of hydrogen-bond acceptors (Lipinski definition) is 4. The number of nitrogens with zero attached hydrogens (tertiary/aromatic N) is 2. The van der Waals surface area contributed by atoms with Crippen LogP contribution in [0.3, 0.4) is 0 Å². The highest BCUT2D eigenvalue weighted by Gasteiger charge is 2.02. The van der Waals surface area contributed by atoms with Gasteiger partial charge in [0.2, 0.25) is 0 Å². The monoisotopic (exact) mass is 273 g/mol. The third kappa shape index (κ3) is 3.85. The first-order chi connectivity index (χ1) is 9.83. The molecule has 0 unspecified atom stereocenters. The predicted molar refractivity (Wildman–Crippen MR) is 77.5 cm³/mol. The first-order valence-corrected chi connectivity index (χ1v) is 6.75. The molecule has 0 atom stereocenters. The molecule has 0 aliphatic carbocycles. The summed E-state index contributed by atoms with van der Waals surface area (Å²) >= 11 is 0. The molecule has 2 aromatic rings. The minimum Gasteiger partial charge on any atom is -0.494 e. The second-order valence-corrected chi connectivity index (χ2v) is 4.45. The first-order valence-electron chi connectivity index (χ1n) is 6.75. The van der Waals surface area contributed by atoms with Gasteiger partial charge in [0.05, 0.1) is 18.6 Å². The largest absolute Gasteiger partial charge is 0.494 e. The molecule has 0 aliphatic heterocycles. The summed E-state index contributed by atoms with van der Waals surface area (Å²) in [4.78, 5) is 7.04. The molecule has 0 spiro atoms. The zero-order valence-corrected chi connectivity index (χ0v) is 11.5. The molecule has 5 nitrogen and oxygen atoms in total. The van der Waals surface area contributed by atoms with E-state index in [1.165, 1.54) is 0 Å². The van der Waals surface area contributed by atoms with Crippen molar-refractivity contribution in [2.45, 2.75) is 26.2 Å². The number of oxime groups is 1. The van der Waals surface area contributed by atoms with E-state index >= 15 is 0 Å². The van der Waals surface area contributed by atoms with Crippen LogP contribution < -0.4 is 4.74 Å². The number of aromatic amines is 1. The van der Waals surface area contributed by atoms with Crippen LogP contribution in [0.2, 0.25) is 0 Å². The van der Waals surface area contributed by atoms with Crippen molar-refractivity contribution in [3.05, 3.63) is 48.0 Å². The van der Waals surface area contributed by atoms with Crippen LogP contribution >= 0.6 is 0 Å². The number of benzene rings is 1. The fraction of sp³-hybridized carbons (Fsp3) is 0.333. The number of ether oxygens (including phenoxy) is 1. The van der Waals surface area contributed by atoms with E-state index in [1.54, 1.807) is 6.33 Å². The SMILES string of the molecule is CC/C(=N/O)c1ccc(OCCCc2cnc[nH]2)cc1. The van der Waals surface area contributed by atoms with E-state index in [-0.39, 0.29) is 0 Å². The lowest BCUT2D eigenvalue weighted by Crippen LogP contribution is -2.01. The van der Waals surface area contributed by atoms with Gasteiger partial charge in [-0.2, -0.15) is 0 Å². The summed E-state index contributed by atoms with van der Waals surface area (Å²) in [6.07, 6.45) is 6.07. The molecule has 2 N–H and O–H groups in total. The van der Waals surface area contributed by atoms with Crippen LogP contribution in [-0.2, 0) is 6.42 Å². The quantitative estimate of drug-likeness (QED) is 0.352. The van der Waals surface area contributed by atoms with E-state index in [4.69, 9.17) is 9.94 Å². The van der Waals surface area contributed by atoms with Gasteiger partial charge in [-0.05, 0) is 49.1 Å². The lowest BCUT2D eigenvalue weighted by atomic mass is 10.1. The maximum atomic E-state index is 8.86. The molecule has 0 radical (unpaired) electrons. The van der Waals surface area contributed by atoms with Crippen molar-refractivity contribution in [3.8, 4) is 5.75 Å². The summed E-state index contributed by atoms with van der Waals surface area (Å²) in [6.45, 7) is 2.61. The lowest BCUT2D eigenvalue weighted by molar-refractivity contribution is 0.310.